The summed E-state index contributed by atoms with van der Waals surface area (Å²) in [6, 6.07) is 11.6. The van der Waals surface area contributed by atoms with Crippen LogP contribution in [0.5, 0.6) is 0 Å². The average molecular weight is 360 g/mol. The third-order valence-electron chi connectivity index (χ3n) is 3.46. The van der Waals surface area contributed by atoms with E-state index in [1.54, 1.807) is 57.2 Å². The monoisotopic (exact) mass is 360 g/mol. The maximum Gasteiger partial charge on any atom is 0.408 e. The van der Waals surface area contributed by atoms with Gasteiger partial charge in [0.05, 0.1) is 0 Å². The Bertz CT molecular complexity index is 768. The number of nitrogens with one attached hydrogen (secondary N) is 2. The molecule has 7 heteroatoms. The van der Waals surface area contributed by atoms with Gasteiger partial charge in [0.1, 0.15) is 17.5 Å². The molecule has 0 aliphatic heterocycles. The number of benzene rings is 2. The largest absolute Gasteiger partial charge is 0.444 e. The van der Waals surface area contributed by atoms with Crippen molar-refractivity contribution in [3.63, 3.8) is 0 Å². The molecule has 2 aromatic rings. The van der Waals surface area contributed by atoms with E-state index in [4.69, 9.17) is 9.94 Å². The van der Waals surface area contributed by atoms with Gasteiger partial charge in [-0.3, -0.25) is 10.0 Å². The van der Waals surface area contributed by atoms with Crippen LogP contribution >= 0.6 is 0 Å². The van der Waals surface area contributed by atoms with Gasteiger partial charge in [0.2, 0.25) is 0 Å². The van der Waals surface area contributed by atoms with Gasteiger partial charge in [0.25, 0.3) is 5.91 Å². The van der Waals surface area contributed by atoms with Crippen molar-refractivity contribution in [2.45, 2.75) is 32.4 Å². The first kappa shape index (κ1) is 19.4. The van der Waals surface area contributed by atoms with Gasteiger partial charge in [0, 0.05) is 0 Å². The van der Waals surface area contributed by atoms with Crippen LogP contribution in [0.25, 0.3) is 11.1 Å². The van der Waals surface area contributed by atoms with Crippen LogP contribution in [0.3, 0.4) is 0 Å². The molecule has 0 radical (unpaired) electrons. The lowest BCUT2D eigenvalue weighted by Gasteiger charge is -2.23. The summed E-state index contributed by atoms with van der Waals surface area (Å²) in [7, 11) is 0. The molecule has 1 atom stereocenters. The quantitative estimate of drug-likeness (QED) is 0.575. The Kier molecular flexibility index (Phi) is 5.94. The molecule has 2 rings (SSSR count). The Hall–Kier alpha value is -2.93. The molecule has 1 unspecified atom stereocenters. The molecule has 138 valence electrons. The highest BCUT2D eigenvalue weighted by atomic mass is 19.1. The van der Waals surface area contributed by atoms with Gasteiger partial charge in [-0.2, -0.15) is 0 Å². The molecule has 0 spiro atoms. The van der Waals surface area contributed by atoms with Gasteiger partial charge in [0.15, 0.2) is 0 Å². The van der Waals surface area contributed by atoms with Crippen molar-refractivity contribution < 1.29 is 23.9 Å². The molecule has 0 aliphatic carbocycles. The summed E-state index contributed by atoms with van der Waals surface area (Å²) in [5.41, 5.74) is 2.88. The molecule has 6 nitrogen and oxygen atoms in total. The maximum absolute atomic E-state index is 13.0. The van der Waals surface area contributed by atoms with Crippen LogP contribution < -0.4 is 10.8 Å². The highest BCUT2D eigenvalue weighted by Crippen LogP contribution is 2.23. The van der Waals surface area contributed by atoms with E-state index < -0.39 is 23.6 Å². The SMILES string of the molecule is CC(C)(C)OC(=O)NC(C(=O)NO)c1ccc(-c2ccc(F)cc2)cc1. The number of hydroxylamine groups is 1. The molecule has 0 saturated carbocycles. The van der Waals surface area contributed by atoms with Crippen LogP contribution in [-0.4, -0.2) is 22.8 Å². The fraction of sp³-hybridized carbons (Fsp3) is 0.263. The molecule has 0 aliphatic rings. The van der Waals surface area contributed by atoms with Crippen LogP contribution in [0.15, 0.2) is 48.5 Å². The highest BCUT2D eigenvalue weighted by Gasteiger charge is 2.25. The van der Waals surface area contributed by atoms with E-state index in [-0.39, 0.29) is 5.82 Å². The zero-order valence-electron chi connectivity index (χ0n) is 14.7. The van der Waals surface area contributed by atoms with E-state index in [1.165, 1.54) is 17.6 Å². The standard InChI is InChI=1S/C19H21FN2O4/c1-19(2,3)26-18(24)21-16(17(23)22-25)14-6-4-12(5-7-14)13-8-10-15(20)11-9-13/h4-11,16,25H,1-3H3,(H,21,24)(H,22,23). The smallest absolute Gasteiger partial charge is 0.408 e. The summed E-state index contributed by atoms with van der Waals surface area (Å²) < 4.78 is 18.2. The minimum absolute atomic E-state index is 0.327. The van der Waals surface area contributed by atoms with Crippen molar-refractivity contribution in [1.29, 1.82) is 0 Å². The first-order valence-electron chi connectivity index (χ1n) is 7.99. The lowest BCUT2D eigenvalue weighted by Crippen LogP contribution is -2.41. The number of carbonyl (C=O) groups excluding carboxylic acids is 2. The first-order chi connectivity index (χ1) is 12.2. The third kappa shape index (κ3) is 5.29. The van der Waals surface area contributed by atoms with Crippen LogP contribution in [0.2, 0.25) is 0 Å². The second-order valence-corrected chi connectivity index (χ2v) is 6.68. The highest BCUT2D eigenvalue weighted by molar-refractivity contribution is 5.86. The molecule has 0 bridgehead atoms. The van der Waals surface area contributed by atoms with Crippen LogP contribution in [0, 0.1) is 5.82 Å². The molecule has 0 aromatic heterocycles. The Morgan fingerprint density at radius 3 is 1.96 bits per heavy atom. The topological polar surface area (TPSA) is 87.7 Å². The molecule has 0 saturated heterocycles. The first-order valence-corrected chi connectivity index (χ1v) is 7.99. The number of carbonyl (C=O) groups is 2. The lowest BCUT2D eigenvalue weighted by atomic mass is 10.0. The van der Waals surface area contributed by atoms with E-state index in [9.17, 15) is 14.0 Å². The van der Waals surface area contributed by atoms with Crippen molar-refractivity contribution in [1.82, 2.24) is 10.8 Å². The number of rotatable bonds is 4. The molecule has 3 N–H and O–H groups in total. The number of ether oxygens (including phenoxy) is 1. The number of hydrogen-bond donors (Lipinski definition) is 3. The predicted molar refractivity (Wildman–Crippen MR) is 93.9 cm³/mol. The summed E-state index contributed by atoms with van der Waals surface area (Å²) in [6.07, 6.45) is -0.784. The zero-order chi connectivity index (χ0) is 19.3. The fourth-order valence-electron chi connectivity index (χ4n) is 2.30. The van der Waals surface area contributed by atoms with Gasteiger partial charge >= 0.3 is 6.09 Å². The Morgan fingerprint density at radius 2 is 1.50 bits per heavy atom. The Morgan fingerprint density at radius 1 is 1.00 bits per heavy atom. The normalized spacial score (nSPS) is 12.2. The number of alkyl carbamates (subject to hydrolysis) is 1. The fourth-order valence-corrected chi connectivity index (χ4v) is 2.30. The summed E-state index contributed by atoms with van der Waals surface area (Å²) in [6.45, 7) is 5.10. The second kappa shape index (κ2) is 7.97. The van der Waals surface area contributed by atoms with Gasteiger partial charge in [-0.05, 0) is 49.6 Å². The second-order valence-electron chi connectivity index (χ2n) is 6.68. The van der Waals surface area contributed by atoms with Gasteiger partial charge in [-0.15, -0.1) is 0 Å². The summed E-state index contributed by atoms with van der Waals surface area (Å²) in [4.78, 5) is 23.9. The maximum atomic E-state index is 13.0. The van der Waals surface area contributed by atoms with Gasteiger partial charge in [-0.1, -0.05) is 36.4 Å². The molecular weight excluding hydrogens is 339 g/mol. The van der Waals surface area contributed by atoms with Crippen molar-refractivity contribution in [2.24, 2.45) is 0 Å². The van der Waals surface area contributed by atoms with E-state index >= 15 is 0 Å². The molecule has 0 fully saturated rings. The molecule has 2 aromatic carbocycles. The van der Waals surface area contributed by atoms with Crippen molar-refractivity contribution in [3.8, 4) is 11.1 Å². The Labute approximate surface area is 150 Å². The van der Waals surface area contributed by atoms with E-state index in [2.05, 4.69) is 5.32 Å². The lowest BCUT2D eigenvalue weighted by molar-refractivity contribution is -0.131. The molecular formula is C19H21FN2O4. The number of amides is 2. The molecule has 26 heavy (non-hydrogen) atoms. The van der Waals surface area contributed by atoms with Gasteiger partial charge in [-0.25, -0.2) is 14.7 Å². The number of halogens is 1. The van der Waals surface area contributed by atoms with E-state index in [0.29, 0.717) is 5.56 Å². The van der Waals surface area contributed by atoms with Crippen LogP contribution in [0.1, 0.15) is 32.4 Å². The van der Waals surface area contributed by atoms with Crippen LogP contribution in [-0.2, 0) is 9.53 Å². The third-order valence-corrected chi connectivity index (χ3v) is 3.46. The Balaban J connectivity index is 2.21. The summed E-state index contributed by atoms with van der Waals surface area (Å²) in [5.74, 6) is -1.13. The zero-order valence-corrected chi connectivity index (χ0v) is 14.7. The number of hydrogen-bond acceptors (Lipinski definition) is 4. The average Bonchev–Trinajstić information content (AvgIpc) is 2.58. The summed E-state index contributed by atoms with van der Waals surface area (Å²) >= 11 is 0. The predicted octanol–water partition coefficient (Wildman–Crippen LogP) is 3.56. The van der Waals surface area contributed by atoms with Crippen molar-refractivity contribution in [3.05, 3.63) is 59.9 Å². The van der Waals surface area contributed by atoms with Gasteiger partial charge < -0.3 is 10.1 Å². The van der Waals surface area contributed by atoms with Crippen molar-refractivity contribution in [2.75, 3.05) is 0 Å². The minimum atomic E-state index is -1.13. The van der Waals surface area contributed by atoms with E-state index in [1.807, 2.05) is 0 Å². The molecule has 0 heterocycles. The van der Waals surface area contributed by atoms with Crippen molar-refractivity contribution >= 4 is 12.0 Å². The van der Waals surface area contributed by atoms with E-state index in [0.717, 1.165) is 11.1 Å². The minimum Gasteiger partial charge on any atom is -0.444 e. The molecule has 2 amide bonds. The van der Waals surface area contributed by atoms with Crippen LogP contribution in [0.4, 0.5) is 9.18 Å². The summed E-state index contributed by atoms with van der Waals surface area (Å²) in [5, 5.41) is 11.4.